The van der Waals surface area contributed by atoms with E-state index in [4.69, 9.17) is 5.11 Å². The van der Waals surface area contributed by atoms with Gasteiger partial charge in [-0.05, 0) is 17.7 Å². The lowest BCUT2D eigenvalue weighted by Gasteiger charge is -2.04. The van der Waals surface area contributed by atoms with E-state index in [-0.39, 0.29) is 5.56 Å². The van der Waals surface area contributed by atoms with E-state index in [1.165, 1.54) is 12.1 Å². The fourth-order valence-electron chi connectivity index (χ4n) is 1.38. The van der Waals surface area contributed by atoms with Crippen molar-refractivity contribution in [2.24, 2.45) is 0 Å². The lowest BCUT2D eigenvalue weighted by Crippen LogP contribution is -2.05. The summed E-state index contributed by atoms with van der Waals surface area (Å²) in [5.74, 6) is -1.48. The Balaban J connectivity index is 2.51. The Morgan fingerprint density at radius 3 is 2.93 bits per heavy atom. The summed E-state index contributed by atoms with van der Waals surface area (Å²) in [5, 5.41) is 9.37. The largest absolute Gasteiger partial charge is 0.479 e. The minimum Gasteiger partial charge on any atom is -0.479 e. The fourth-order valence-corrected chi connectivity index (χ4v) is 1.38. The Labute approximate surface area is 85.2 Å². The summed E-state index contributed by atoms with van der Waals surface area (Å²) in [5.41, 5.74) is 0.715. The van der Waals surface area contributed by atoms with Crippen LogP contribution in [0.25, 0.3) is 10.9 Å². The van der Waals surface area contributed by atoms with E-state index in [1.54, 1.807) is 18.3 Å². The summed E-state index contributed by atoms with van der Waals surface area (Å²) in [6.07, 6.45) is -0.406. The number of hydrogen-bond acceptors (Lipinski definition) is 2. The smallest absolute Gasteiger partial charge is 0.343 e. The highest BCUT2D eigenvalue weighted by Gasteiger charge is 2.18. The van der Waals surface area contributed by atoms with Crippen LogP contribution < -0.4 is 0 Å². The van der Waals surface area contributed by atoms with Gasteiger partial charge >= 0.3 is 5.97 Å². The molecule has 0 saturated carbocycles. The number of hydrogen-bond donors (Lipinski definition) is 1. The van der Waals surface area contributed by atoms with Crippen molar-refractivity contribution in [2.75, 3.05) is 0 Å². The number of carboxylic acid groups (broad SMARTS) is 1. The number of halogens is 1. The Hall–Kier alpha value is -1.97. The lowest BCUT2D eigenvalue weighted by molar-refractivity contribution is -0.143. The second-order valence-corrected chi connectivity index (χ2v) is 3.16. The summed E-state index contributed by atoms with van der Waals surface area (Å²) in [7, 11) is 0. The number of alkyl halides is 1. The van der Waals surface area contributed by atoms with Gasteiger partial charge in [0, 0.05) is 11.6 Å². The Morgan fingerprint density at radius 1 is 1.40 bits per heavy atom. The maximum absolute atomic E-state index is 13.2. The zero-order valence-electron chi connectivity index (χ0n) is 7.72. The number of aliphatic carboxylic acids is 1. The van der Waals surface area contributed by atoms with Crippen LogP contribution in [-0.2, 0) is 4.79 Å². The maximum atomic E-state index is 13.2. The van der Waals surface area contributed by atoms with Crippen LogP contribution in [0.4, 0.5) is 4.39 Å². The molecule has 0 bridgehead atoms. The standard InChI is InChI=1S/C11H8FNO2/c12-10(11(14)15)8-4-3-7-2-1-5-13-9(7)6-8/h1-6,10H,(H,14,15). The molecule has 1 atom stereocenters. The van der Waals surface area contributed by atoms with Crippen molar-refractivity contribution in [3.63, 3.8) is 0 Å². The fraction of sp³-hybridized carbons (Fsp3) is 0.0909. The third-order valence-corrected chi connectivity index (χ3v) is 2.14. The highest BCUT2D eigenvalue weighted by molar-refractivity contribution is 5.81. The van der Waals surface area contributed by atoms with Crippen molar-refractivity contribution in [1.82, 2.24) is 4.98 Å². The van der Waals surface area contributed by atoms with Gasteiger partial charge < -0.3 is 5.11 Å². The lowest BCUT2D eigenvalue weighted by atomic mass is 10.1. The summed E-state index contributed by atoms with van der Waals surface area (Å²) >= 11 is 0. The zero-order valence-corrected chi connectivity index (χ0v) is 7.72. The average Bonchev–Trinajstić information content (AvgIpc) is 2.27. The van der Waals surface area contributed by atoms with Crippen LogP contribution in [0.5, 0.6) is 0 Å². The minimum absolute atomic E-state index is 0.119. The van der Waals surface area contributed by atoms with Gasteiger partial charge in [-0.1, -0.05) is 18.2 Å². The second-order valence-electron chi connectivity index (χ2n) is 3.16. The first-order valence-corrected chi connectivity index (χ1v) is 4.40. The molecule has 1 unspecified atom stereocenters. The first-order valence-electron chi connectivity index (χ1n) is 4.40. The third kappa shape index (κ3) is 1.79. The van der Waals surface area contributed by atoms with Crippen LogP contribution in [-0.4, -0.2) is 16.1 Å². The molecule has 1 aromatic heterocycles. The van der Waals surface area contributed by atoms with Crippen LogP contribution in [0.2, 0.25) is 0 Å². The van der Waals surface area contributed by atoms with E-state index in [0.717, 1.165) is 5.39 Å². The SMILES string of the molecule is O=C(O)C(F)c1ccc2cccnc2c1. The first-order chi connectivity index (χ1) is 7.18. The molecule has 0 aliphatic rings. The van der Waals surface area contributed by atoms with Gasteiger partial charge in [-0.15, -0.1) is 0 Å². The molecule has 1 N–H and O–H groups in total. The van der Waals surface area contributed by atoms with Gasteiger partial charge in [0.2, 0.25) is 6.17 Å². The van der Waals surface area contributed by atoms with Gasteiger partial charge in [0.1, 0.15) is 0 Å². The van der Waals surface area contributed by atoms with E-state index >= 15 is 0 Å². The summed E-state index contributed by atoms with van der Waals surface area (Å²) in [4.78, 5) is 14.5. The molecule has 15 heavy (non-hydrogen) atoms. The average molecular weight is 205 g/mol. The molecule has 3 nitrogen and oxygen atoms in total. The maximum Gasteiger partial charge on any atom is 0.343 e. The highest BCUT2D eigenvalue weighted by atomic mass is 19.1. The molecule has 0 aliphatic carbocycles. The Morgan fingerprint density at radius 2 is 2.20 bits per heavy atom. The number of fused-ring (bicyclic) bond motifs is 1. The van der Waals surface area contributed by atoms with Crippen LogP contribution in [0, 0.1) is 0 Å². The van der Waals surface area contributed by atoms with Gasteiger partial charge in [0.05, 0.1) is 5.52 Å². The summed E-state index contributed by atoms with van der Waals surface area (Å²) < 4.78 is 13.2. The molecule has 0 fully saturated rings. The molecule has 0 radical (unpaired) electrons. The second kappa shape index (κ2) is 3.65. The molecule has 1 aromatic carbocycles. The molecule has 0 amide bonds. The van der Waals surface area contributed by atoms with Crippen molar-refractivity contribution >= 4 is 16.9 Å². The van der Waals surface area contributed by atoms with Crippen LogP contribution in [0.15, 0.2) is 36.5 Å². The number of pyridine rings is 1. The molecule has 76 valence electrons. The Bertz CT molecular complexity index is 513. The van der Waals surface area contributed by atoms with E-state index in [1.807, 2.05) is 6.07 Å². The predicted molar refractivity (Wildman–Crippen MR) is 53.2 cm³/mol. The van der Waals surface area contributed by atoms with Crippen LogP contribution in [0.3, 0.4) is 0 Å². The third-order valence-electron chi connectivity index (χ3n) is 2.14. The molecule has 4 heteroatoms. The van der Waals surface area contributed by atoms with Crippen molar-refractivity contribution in [3.8, 4) is 0 Å². The quantitative estimate of drug-likeness (QED) is 0.818. The van der Waals surface area contributed by atoms with E-state index in [2.05, 4.69) is 4.98 Å². The van der Waals surface area contributed by atoms with Gasteiger partial charge in [-0.3, -0.25) is 4.98 Å². The topological polar surface area (TPSA) is 50.2 Å². The number of nitrogens with zero attached hydrogens (tertiary/aromatic N) is 1. The number of carbonyl (C=O) groups is 1. The molecule has 2 aromatic rings. The number of benzene rings is 1. The number of rotatable bonds is 2. The van der Waals surface area contributed by atoms with Crippen molar-refractivity contribution < 1.29 is 14.3 Å². The summed E-state index contributed by atoms with van der Waals surface area (Å²) in [6.45, 7) is 0. The van der Waals surface area contributed by atoms with E-state index in [9.17, 15) is 9.18 Å². The molecule has 2 rings (SSSR count). The van der Waals surface area contributed by atoms with Crippen molar-refractivity contribution in [2.45, 2.75) is 6.17 Å². The first kappa shape index (κ1) is 9.58. The van der Waals surface area contributed by atoms with Crippen molar-refractivity contribution in [1.29, 1.82) is 0 Å². The Kier molecular flexibility index (Phi) is 2.33. The van der Waals surface area contributed by atoms with Gasteiger partial charge in [0.25, 0.3) is 0 Å². The molecular weight excluding hydrogens is 197 g/mol. The normalized spacial score (nSPS) is 12.6. The number of carboxylic acids is 1. The molecule has 0 aliphatic heterocycles. The molecule has 0 spiro atoms. The van der Waals surface area contributed by atoms with Crippen LogP contribution in [0.1, 0.15) is 11.7 Å². The van der Waals surface area contributed by atoms with Gasteiger partial charge in [-0.25, -0.2) is 9.18 Å². The molecule has 1 heterocycles. The molecule has 0 saturated heterocycles. The number of aromatic nitrogens is 1. The monoisotopic (exact) mass is 205 g/mol. The summed E-state index contributed by atoms with van der Waals surface area (Å²) in [6, 6.07) is 8.18. The van der Waals surface area contributed by atoms with Gasteiger partial charge in [-0.2, -0.15) is 0 Å². The van der Waals surface area contributed by atoms with E-state index in [0.29, 0.717) is 5.52 Å². The van der Waals surface area contributed by atoms with E-state index < -0.39 is 12.1 Å². The molecular formula is C11H8FNO2. The zero-order chi connectivity index (χ0) is 10.8. The van der Waals surface area contributed by atoms with Crippen LogP contribution >= 0.6 is 0 Å². The minimum atomic E-state index is -1.99. The highest BCUT2D eigenvalue weighted by Crippen LogP contribution is 2.21. The predicted octanol–water partition coefficient (Wildman–Crippen LogP) is 2.33. The van der Waals surface area contributed by atoms with Crippen molar-refractivity contribution in [3.05, 3.63) is 42.1 Å². The van der Waals surface area contributed by atoms with Gasteiger partial charge in [0.15, 0.2) is 0 Å².